The SMILES string of the molecule is CC1CN(c2ccc(C#N)cc2)CCN1[C@@H]1C=C(c2cc3ncccc3c(=O)o2)CC1. The number of benzene rings is 1. The maximum absolute atomic E-state index is 12.3. The third-order valence-electron chi connectivity index (χ3n) is 6.41. The quantitative estimate of drug-likeness (QED) is 0.651. The zero-order valence-corrected chi connectivity index (χ0v) is 17.5. The Hall–Kier alpha value is -3.43. The first-order valence-corrected chi connectivity index (χ1v) is 10.7. The lowest BCUT2D eigenvalue weighted by atomic mass is 10.1. The van der Waals surface area contributed by atoms with Crippen molar-refractivity contribution in [2.24, 2.45) is 0 Å². The van der Waals surface area contributed by atoms with E-state index in [9.17, 15) is 4.79 Å². The molecule has 1 aliphatic carbocycles. The highest BCUT2D eigenvalue weighted by Gasteiger charge is 2.31. The molecule has 1 saturated heterocycles. The van der Waals surface area contributed by atoms with Crippen molar-refractivity contribution in [3.63, 3.8) is 0 Å². The number of piperazine rings is 1. The van der Waals surface area contributed by atoms with Crippen LogP contribution in [0, 0.1) is 11.3 Å². The molecule has 6 nitrogen and oxygen atoms in total. The number of nitriles is 1. The minimum Gasteiger partial charge on any atom is -0.423 e. The molecule has 2 aromatic heterocycles. The first-order valence-electron chi connectivity index (χ1n) is 10.7. The Balaban J connectivity index is 1.32. The van der Waals surface area contributed by atoms with Crippen LogP contribution < -0.4 is 10.5 Å². The summed E-state index contributed by atoms with van der Waals surface area (Å²) in [4.78, 5) is 21.6. The Morgan fingerprint density at radius 3 is 2.81 bits per heavy atom. The summed E-state index contributed by atoms with van der Waals surface area (Å²) in [5, 5.41) is 9.53. The highest BCUT2D eigenvalue weighted by atomic mass is 16.4. The largest absolute Gasteiger partial charge is 0.423 e. The molecule has 0 saturated carbocycles. The summed E-state index contributed by atoms with van der Waals surface area (Å²) in [7, 11) is 0. The number of hydrogen-bond donors (Lipinski definition) is 0. The van der Waals surface area contributed by atoms with Crippen LogP contribution in [0.1, 0.15) is 31.1 Å². The van der Waals surface area contributed by atoms with Gasteiger partial charge in [-0.2, -0.15) is 5.26 Å². The van der Waals surface area contributed by atoms with Gasteiger partial charge >= 0.3 is 5.63 Å². The molecular weight excluding hydrogens is 388 g/mol. The topological polar surface area (TPSA) is 73.4 Å². The summed E-state index contributed by atoms with van der Waals surface area (Å²) in [6, 6.07) is 16.1. The van der Waals surface area contributed by atoms with Crippen molar-refractivity contribution in [3.8, 4) is 6.07 Å². The number of allylic oxidation sites excluding steroid dienone is 1. The lowest BCUT2D eigenvalue weighted by Gasteiger charge is -2.43. The van der Waals surface area contributed by atoms with Crippen molar-refractivity contribution < 1.29 is 4.42 Å². The minimum absolute atomic E-state index is 0.325. The van der Waals surface area contributed by atoms with Gasteiger partial charge in [-0.3, -0.25) is 9.88 Å². The Bertz CT molecular complexity index is 1240. The monoisotopic (exact) mass is 412 g/mol. The van der Waals surface area contributed by atoms with Crippen LogP contribution in [0.3, 0.4) is 0 Å². The van der Waals surface area contributed by atoms with Crippen LogP contribution in [-0.4, -0.2) is 41.6 Å². The van der Waals surface area contributed by atoms with E-state index in [1.807, 2.05) is 30.3 Å². The van der Waals surface area contributed by atoms with Gasteiger partial charge in [0.05, 0.1) is 22.5 Å². The zero-order valence-electron chi connectivity index (χ0n) is 17.5. The van der Waals surface area contributed by atoms with Crippen LogP contribution in [0.2, 0.25) is 0 Å². The second-order valence-electron chi connectivity index (χ2n) is 8.32. The molecule has 3 aromatic rings. The maximum atomic E-state index is 12.3. The van der Waals surface area contributed by atoms with E-state index in [-0.39, 0.29) is 5.63 Å². The summed E-state index contributed by atoms with van der Waals surface area (Å²) in [5.74, 6) is 0.641. The highest BCUT2D eigenvalue weighted by molar-refractivity contribution is 5.80. The van der Waals surface area contributed by atoms with Crippen LogP contribution in [-0.2, 0) is 0 Å². The first-order chi connectivity index (χ1) is 15.1. The summed E-state index contributed by atoms with van der Waals surface area (Å²) in [6.45, 7) is 5.13. The molecule has 0 amide bonds. The maximum Gasteiger partial charge on any atom is 0.345 e. The normalized spacial score (nSPS) is 21.8. The van der Waals surface area contributed by atoms with Gasteiger partial charge in [-0.25, -0.2) is 4.79 Å². The summed E-state index contributed by atoms with van der Waals surface area (Å²) >= 11 is 0. The van der Waals surface area contributed by atoms with Crippen molar-refractivity contribution in [1.29, 1.82) is 5.26 Å². The fourth-order valence-electron chi connectivity index (χ4n) is 4.79. The van der Waals surface area contributed by atoms with Crippen molar-refractivity contribution >= 4 is 22.2 Å². The second kappa shape index (κ2) is 8.01. The van der Waals surface area contributed by atoms with Crippen LogP contribution in [0.4, 0.5) is 5.69 Å². The number of aromatic nitrogens is 1. The number of pyridine rings is 1. The smallest absolute Gasteiger partial charge is 0.345 e. The lowest BCUT2D eigenvalue weighted by Crippen LogP contribution is -2.54. The van der Waals surface area contributed by atoms with Gasteiger partial charge in [0.25, 0.3) is 0 Å². The van der Waals surface area contributed by atoms with Crippen LogP contribution in [0.5, 0.6) is 0 Å². The van der Waals surface area contributed by atoms with Crippen molar-refractivity contribution in [2.75, 3.05) is 24.5 Å². The van der Waals surface area contributed by atoms with E-state index >= 15 is 0 Å². The Morgan fingerprint density at radius 1 is 1.19 bits per heavy atom. The van der Waals surface area contributed by atoms with Crippen LogP contribution in [0.25, 0.3) is 16.5 Å². The number of nitrogens with zero attached hydrogens (tertiary/aromatic N) is 4. The first kappa shape index (κ1) is 19.5. The molecule has 0 bridgehead atoms. The molecule has 1 aromatic carbocycles. The molecule has 1 aliphatic heterocycles. The molecule has 1 unspecified atom stereocenters. The fraction of sp³-hybridized carbons (Fsp3) is 0.320. The van der Waals surface area contributed by atoms with Crippen LogP contribution >= 0.6 is 0 Å². The summed E-state index contributed by atoms with van der Waals surface area (Å²) in [6.07, 6.45) is 5.89. The third-order valence-corrected chi connectivity index (χ3v) is 6.41. The van der Waals surface area contributed by atoms with Crippen molar-refractivity contribution in [2.45, 2.75) is 31.8 Å². The van der Waals surface area contributed by atoms with Gasteiger partial charge < -0.3 is 9.32 Å². The molecular formula is C25H24N4O2. The molecule has 2 atom stereocenters. The van der Waals surface area contributed by atoms with Gasteiger partial charge in [-0.1, -0.05) is 6.08 Å². The Morgan fingerprint density at radius 2 is 2.03 bits per heavy atom. The molecule has 5 rings (SSSR count). The van der Waals surface area contributed by atoms with E-state index in [2.05, 4.69) is 33.9 Å². The zero-order chi connectivity index (χ0) is 21.4. The molecule has 156 valence electrons. The predicted octanol–water partition coefficient (Wildman–Crippen LogP) is 3.82. The molecule has 0 N–H and O–H groups in total. The molecule has 31 heavy (non-hydrogen) atoms. The average Bonchev–Trinajstić information content (AvgIpc) is 3.29. The van der Waals surface area contributed by atoms with Gasteiger partial charge in [-0.15, -0.1) is 0 Å². The lowest BCUT2D eigenvalue weighted by molar-refractivity contribution is 0.153. The van der Waals surface area contributed by atoms with Gasteiger partial charge in [0.15, 0.2) is 0 Å². The number of rotatable bonds is 3. The van der Waals surface area contributed by atoms with Crippen LogP contribution in [0.15, 0.2) is 63.9 Å². The van der Waals surface area contributed by atoms with Gasteiger partial charge in [0.2, 0.25) is 0 Å². The molecule has 2 aliphatic rings. The molecule has 1 fully saturated rings. The van der Waals surface area contributed by atoms with Gasteiger partial charge in [0.1, 0.15) is 5.76 Å². The van der Waals surface area contributed by atoms with E-state index in [4.69, 9.17) is 9.68 Å². The van der Waals surface area contributed by atoms with E-state index in [1.54, 1.807) is 18.3 Å². The van der Waals surface area contributed by atoms with Gasteiger partial charge in [-0.05, 0) is 61.7 Å². The van der Waals surface area contributed by atoms with Crippen molar-refractivity contribution in [3.05, 3.63) is 76.5 Å². The van der Waals surface area contributed by atoms with Gasteiger partial charge in [0, 0.05) is 49.7 Å². The van der Waals surface area contributed by atoms with Crippen molar-refractivity contribution in [1.82, 2.24) is 9.88 Å². The molecule has 3 heterocycles. The summed E-state index contributed by atoms with van der Waals surface area (Å²) in [5.41, 5.74) is 3.31. The Kier molecular flexibility index (Phi) is 5.05. The standard InChI is InChI=1S/C25H24N4O2/c1-17-16-28(20-7-4-18(15-26)5-8-20)11-12-29(17)21-9-6-19(13-21)24-14-23-22(25(30)31-24)3-2-10-27-23/h2-5,7-8,10,13-14,17,21H,6,9,11-12,16H2,1H3/t17?,21-/m0/s1. The fourth-order valence-corrected chi connectivity index (χ4v) is 4.79. The van der Waals surface area contributed by atoms with E-state index in [1.165, 1.54) is 5.69 Å². The minimum atomic E-state index is -0.325. The Labute approximate surface area is 181 Å². The molecule has 6 heteroatoms. The van der Waals surface area contributed by atoms with E-state index in [0.29, 0.717) is 34.3 Å². The molecule has 0 radical (unpaired) electrons. The average molecular weight is 412 g/mol. The predicted molar refractivity (Wildman–Crippen MR) is 121 cm³/mol. The second-order valence-corrected chi connectivity index (χ2v) is 8.32. The number of anilines is 1. The van der Waals surface area contributed by atoms with E-state index < -0.39 is 0 Å². The summed E-state index contributed by atoms with van der Waals surface area (Å²) < 4.78 is 5.62. The molecule has 0 spiro atoms. The number of hydrogen-bond acceptors (Lipinski definition) is 6. The third kappa shape index (κ3) is 3.73. The van der Waals surface area contributed by atoms with E-state index in [0.717, 1.165) is 38.0 Å². The number of fused-ring (bicyclic) bond motifs is 1. The highest BCUT2D eigenvalue weighted by Crippen LogP contribution is 2.33.